The van der Waals surface area contributed by atoms with Crippen molar-refractivity contribution in [3.8, 4) is 28.1 Å². The molecule has 0 N–H and O–H groups in total. The molecule has 4 heterocycles. The maximum absolute atomic E-state index is 5.97. The fourth-order valence-corrected chi connectivity index (χ4v) is 3.50. The van der Waals surface area contributed by atoms with E-state index in [-0.39, 0.29) is 0 Å². The van der Waals surface area contributed by atoms with Crippen LogP contribution >= 0.6 is 0 Å². The van der Waals surface area contributed by atoms with Crippen molar-refractivity contribution >= 4 is 11.2 Å². The van der Waals surface area contributed by atoms with Crippen molar-refractivity contribution < 1.29 is 4.74 Å². The van der Waals surface area contributed by atoms with E-state index < -0.39 is 0 Å². The van der Waals surface area contributed by atoms with Gasteiger partial charge in [-0.3, -0.25) is 9.67 Å². The molecule has 0 amide bonds. The minimum atomic E-state index is 0.373. The number of rotatable bonds is 5. The van der Waals surface area contributed by atoms with Gasteiger partial charge in [-0.05, 0) is 54.1 Å². The lowest BCUT2D eigenvalue weighted by Crippen LogP contribution is -2.03. The number of hydrogen-bond donors (Lipinski definition) is 0. The van der Waals surface area contributed by atoms with E-state index in [2.05, 4.69) is 20.1 Å². The zero-order chi connectivity index (χ0) is 20.5. The maximum atomic E-state index is 5.97. The predicted octanol–water partition coefficient (Wildman–Crippen LogP) is 4.01. The van der Waals surface area contributed by atoms with Gasteiger partial charge in [-0.1, -0.05) is 0 Å². The molecule has 0 radical (unpaired) electrons. The summed E-state index contributed by atoms with van der Waals surface area (Å²) in [6, 6.07) is 15.8. The van der Waals surface area contributed by atoms with Crippen LogP contribution < -0.4 is 4.74 Å². The Morgan fingerprint density at radius 2 is 1.70 bits per heavy atom. The van der Waals surface area contributed by atoms with Gasteiger partial charge in [0, 0.05) is 50.0 Å². The highest BCUT2D eigenvalue weighted by molar-refractivity contribution is 5.80. The summed E-state index contributed by atoms with van der Waals surface area (Å²) in [4.78, 5) is 13.1. The van der Waals surface area contributed by atoms with E-state index in [1.807, 2.05) is 78.1 Å². The average Bonchev–Trinajstić information content (AvgIpc) is 3.33. The number of benzene rings is 1. The average molecular weight is 395 g/mol. The van der Waals surface area contributed by atoms with Crippen molar-refractivity contribution in [1.82, 2.24) is 29.3 Å². The Labute approximate surface area is 173 Å². The molecule has 0 aliphatic carbocycles. The summed E-state index contributed by atoms with van der Waals surface area (Å²) in [5.41, 5.74) is 5.83. The number of ether oxygens (including phenoxy) is 1. The van der Waals surface area contributed by atoms with Crippen LogP contribution in [0.2, 0.25) is 0 Å². The van der Waals surface area contributed by atoms with Crippen LogP contribution in [0.3, 0.4) is 0 Å². The zero-order valence-corrected chi connectivity index (χ0v) is 16.7. The van der Waals surface area contributed by atoms with Crippen LogP contribution in [0.5, 0.6) is 5.75 Å². The SMILES string of the molecule is Cn1cc(-c2ccncc2)c(-c2ccc(OCc3nc4cccnc4n3[11CH3])cc2)n1. The summed E-state index contributed by atoms with van der Waals surface area (Å²) >= 11 is 0. The van der Waals surface area contributed by atoms with Gasteiger partial charge in [0.15, 0.2) is 5.65 Å². The smallest absolute Gasteiger partial charge is 0.159 e. The molecular formula is C23H20N6O. The van der Waals surface area contributed by atoms with E-state index in [0.29, 0.717) is 6.61 Å². The molecule has 5 rings (SSSR count). The van der Waals surface area contributed by atoms with Gasteiger partial charge in [0.1, 0.15) is 29.4 Å². The third-order valence-electron chi connectivity index (χ3n) is 5.04. The first-order valence-electron chi connectivity index (χ1n) is 9.62. The van der Waals surface area contributed by atoms with Gasteiger partial charge in [0.05, 0.1) is 0 Å². The summed E-state index contributed by atoms with van der Waals surface area (Å²) < 4.78 is 9.75. The van der Waals surface area contributed by atoms with Crippen molar-refractivity contribution in [2.24, 2.45) is 14.1 Å². The quantitative estimate of drug-likeness (QED) is 0.450. The molecule has 0 fully saturated rings. The highest BCUT2D eigenvalue weighted by atomic mass is 16.5. The molecule has 0 bridgehead atoms. The fraction of sp³-hybridized carbons (Fsp3) is 0.130. The van der Waals surface area contributed by atoms with Crippen LogP contribution in [0.25, 0.3) is 33.5 Å². The van der Waals surface area contributed by atoms with Crippen LogP contribution in [-0.2, 0) is 20.7 Å². The van der Waals surface area contributed by atoms with E-state index in [1.165, 1.54) is 0 Å². The number of nitrogens with zero attached hydrogens (tertiary/aromatic N) is 6. The molecule has 0 saturated heterocycles. The van der Waals surface area contributed by atoms with E-state index in [0.717, 1.165) is 45.1 Å². The van der Waals surface area contributed by atoms with Crippen LogP contribution in [0, 0.1) is 0 Å². The maximum Gasteiger partial charge on any atom is 0.159 e. The van der Waals surface area contributed by atoms with Gasteiger partial charge in [-0.25, -0.2) is 9.97 Å². The van der Waals surface area contributed by atoms with Gasteiger partial charge < -0.3 is 9.30 Å². The normalized spacial score (nSPS) is 11.1. The Bertz CT molecular complexity index is 1310. The molecule has 0 saturated carbocycles. The lowest BCUT2D eigenvalue weighted by Gasteiger charge is -2.08. The number of hydrogen-bond acceptors (Lipinski definition) is 5. The number of aryl methyl sites for hydroxylation is 2. The number of fused-ring (bicyclic) bond motifs is 1. The third-order valence-corrected chi connectivity index (χ3v) is 5.04. The van der Waals surface area contributed by atoms with Crippen LogP contribution in [0.4, 0.5) is 0 Å². The monoisotopic (exact) mass is 395 g/mol. The molecule has 148 valence electrons. The molecule has 0 atom stereocenters. The van der Waals surface area contributed by atoms with Crippen LogP contribution in [-0.4, -0.2) is 29.3 Å². The predicted molar refractivity (Wildman–Crippen MR) is 115 cm³/mol. The summed E-state index contributed by atoms with van der Waals surface area (Å²) in [5, 5.41) is 4.65. The highest BCUT2D eigenvalue weighted by Gasteiger charge is 2.13. The van der Waals surface area contributed by atoms with E-state index in [9.17, 15) is 0 Å². The Kier molecular flexibility index (Phi) is 4.48. The van der Waals surface area contributed by atoms with Gasteiger partial charge in [-0.15, -0.1) is 0 Å². The number of imidazole rings is 1. The minimum Gasteiger partial charge on any atom is -0.486 e. The summed E-state index contributed by atoms with van der Waals surface area (Å²) in [5.74, 6) is 1.61. The molecule has 7 heteroatoms. The topological polar surface area (TPSA) is 70.7 Å². The molecule has 0 aliphatic heterocycles. The highest BCUT2D eigenvalue weighted by Crippen LogP contribution is 2.31. The van der Waals surface area contributed by atoms with Gasteiger partial charge in [0.2, 0.25) is 0 Å². The van der Waals surface area contributed by atoms with Crippen molar-refractivity contribution in [1.29, 1.82) is 0 Å². The molecule has 30 heavy (non-hydrogen) atoms. The molecule has 5 aromatic rings. The first kappa shape index (κ1) is 18.1. The first-order chi connectivity index (χ1) is 14.7. The van der Waals surface area contributed by atoms with Crippen molar-refractivity contribution in [2.45, 2.75) is 6.61 Å². The molecule has 7 nitrogen and oxygen atoms in total. The van der Waals surface area contributed by atoms with Gasteiger partial charge >= 0.3 is 0 Å². The van der Waals surface area contributed by atoms with Crippen molar-refractivity contribution in [2.75, 3.05) is 0 Å². The fourth-order valence-electron chi connectivity index (χ4n) is 3.50. The lowest BCUT2D eigenvalue weighted by molar-refractivity contribution is 0.292. The summed E-state index contributed by atoms with van der Waals surface area (Å²) in [6.45, 7) is 0.373. The first-order valence-corrected chi connectivity index (χ1v) is 9.62. The Morgan fingerprint density at radius 1 is 0.900 bits per heavy atom. The van der Waals surface area contributed by atoms with Crippen molar-refractivity contribution in [3.05, 3.63) is 79.1 Å². The Balaban J connectivity index is 1.37. The number of aromatic nitrogens is 6. The molecule has 0 aliphatic rings. The second-order valence-electron chi connectivity index (χ2n) is 7.05. The standard InChI is InChI=1S/C23H20N6O/c1-28-14-19(16-9-12-24-13-10-16)22(27-28)17-5-7-18(8-6-17)30-15-21-26-20-4-3-11-25-23(20)29(21)2/h3-14H,15H2,1-2H3/i2-1. The second kappa shape index (κ2) is 7.44. The lowest BCUT2D eigenvalue weighted by atomic mass is 10.0. The molecule has 0 spiro atoms. The summed E-state index contributed by atoms with van der Waals surface area (Å²) in [6.07, 6.45) is 7.37. The minimum absolute atomic E-state index is 0.373. The van der Waals surface area contributed by atoms with E-state index >= 15 is 0 Å². The molecule has 1 aromatic carbocycles. The Morgan fingerprint density at radius 3 is 2.47 bits per heavy atom. The number of pyridine rings is 2. The second-order valence-corrected chi connectivity index (χ2v) is 7.05. The van der Waals surface area contributed by atoms with E-state index in [4.69, 9.17) is 4.74 Å². The largest absolute Gasteiger partial charge is 0.486 e. The van der Waals surface area contributed by atoms with Crippen LogP contribution in [0.1, 0.15) is 5.82 Å². The summed E-state index contributed by atoms with van der Waals surface area (Å²) in [7, 11) is 3.88. The zero-order valence-electron chi connectivity index (χ0n) is 16.7. The van der Waals surface area contributed by atoms with Crippen LogP contribution in [0.15, 0.2) is 73.3 Å². The third kappa shape index (κ3) is 3.30. The van der Waals surface area contributed by atoms with Gasteiger partial charge in [0.25, 0.3) is 0 Å². The van der Waals surface area contributed by atoms with Gasteiger partial charge in [-0.2, -0.15) is 5.10 Å². The van der Waals surface area contributed by atoms with Crippen molar-refractivity contribution in [3.63, 3.8) is 0 Å². The van der Waals surface area contributed by atoms with E-state index in [1.54, 1.807) is 18.6 Å². The molecule has 0 unspecified atom stereocenters. The molecule has 4 aromatic heterocycles. The Hall–Kier alpha value is -4.00. The molecular weight excluding hydrogens is 375 g/mol.